The van der Waals surface area contributed by atoms with E-state index < -0.39 is 11.7 Å². The van der Waals surface area contributed by atoms with E-state index in [1.54, 1.807) is 6.07 Å². The third-order valence-electron chi connectivity index (χ3n) is 6.20. The van der Waals surface area contributed by atoms with Crippen LogP contribution in [-0.4, -0.2) is 28.6 Å². The Morgan fingerprint density at radius 3 is 2.29 bits per heavy atom. The van der Waals surface area contributed by atoms with Crippen molar-refractivity contribution in [2.75, 3.05) is 7.11 Å². The van der Waals surface area contributed by atoms with Crippen molar-refractivity contribution in [3.8, 4) is 0 Å². The van der Waals surface area contributed by atoms with Gasteiger partial charge in [0, 0.05) is 37.6 Å². The molecule has 0 spiro atoms. The minimum Gasteiger partial charge on any atom is -0.465 e. The summed E-state index contributed by atoms with van der Waals surface area (Å²) in [6.45, 7) is 8.32. The van der Waals surface area contributed by atoms with E-state index in [0.29, 0.717) is 31.1 Å². The van der Waals surface area contributed by atoms with Gasteiger partial charge in [-0.2, -0.15) is 13.2 Å². The molecule has 1 heterocycles. The summed E-state index contributed by atoms with van der Waals surface area (Å²) in [6.07, 6.45) is -2.39. The number of ether oxygens (including phenoxy) is 1. The lowest BCUT2D eigenvalue weighted by Gasteiger charge is -2.32. The van der Waals surface area contributed by atoms with Crippen LogP contribution in [0.2, 0.25) is 0 Å². The first kappa shape index (κ1) is 25.6. The summed E-state index contributed by atoms with van der Waals surface area (Å²) in [7, 11) is 1.37. The van der Waals surface area contributed by atoms with Gasteiger partial charge in [-0.1, -0.05) is 38.1 Å². The van der Waals surface area contributed by atoms with Crippen LogP contribution in [0.1, 0.15) is 53.5 Å². The number of carbonyl (C=O) groups is 1. The molecule has 0 amide bonds. The van der Waals surface area contributed by atoms with Gasteiger partial charge in [-0.25, -0.2) is 4.79 Å². The Bertz CT molecular complexity index is 1090. The van der Waals surface area contributed by atoms with Gasteiger partial charge in [0.05, 0.1) is 18.2 Å². The van der Waals surface area contributed by atoms with Crippen molar-refractivity contribution in [2.24, 2.45) is 5.92 Å². The minimum atomic E-state index is -4.34. The fraction of sp³-hybridized carbons (Fsp3) is 0.370. The molecule has 0 aliphatic heterocycles. The second-order valence-corrected chi connectivity index (χ2v) is 8.90. The van der Waals surface area contributed by atoms with Crippen LogP contribution in [0.15, 0.2) is 66.9 Å². The number of hydrogen-bond donors (Lipinski definition) is 0. The van der Waals surface area contributed by atoms with Crippen molar-refractivity contribution < 1.29 is 22.7 Å². The molecule has 0 aliphatic rings. The van der Waals surface area contributed by atoms with Crippen molar-refractivity contribution in [3.63, 3.8) is 0 Å². The van der Waals surface area contributed by atoms with Gasteiger partial charge in [0.15, 0.2) is 0 Å². The zero-order chi connectivity index (χ0) is 24.9. The molecule has 2 aromatic carbocycles. The third kappa shape index (κ3) is 6.50. The summed E-state index contributed by atoms with van der Waals surface area (Å²) in [6, 6.07) is 17.0. The molecular weight excluding hydrogens is 441 g/mol. The minimum absolute atomic E-state index is 0.260. The molecule has 0 radical (unpaired) electrons. The number of esters is 1. The lowest BCUT2D eigenvalue weighted by atomic mass is 10.0. The van der Waals surface area contributed by atoms with Crippen molar-refractivity contribution >= 4 is 5.97 Å². The summed E-state index contributed by atoms with van der Waals surface area (Å²) >= 11 is 0. The molecule has 34 heavy (non-hydrogen) atoms. The highest BCUT2D eigenvalue weighted by atomic mass is 19.4. The SMILES string of the molecule is COC(=O)c1cccc(CN(Cc2cccn2Cc2ccc(C(F)(F)F)cc2)[C@H](C)C(C)C)c1. The van der Waals surface area contributed by atoms with Crippen LogP contribution >= 0.6 is 0 Å². The predicted molar refractivity (Wildman–Crippen MR) is 126 cm³/mol. The standard InChI is InChI=1S/C27H31F3N2O2/c1-19(2)20(3)32(17-22-7-5-8-23(15-22)26(33)34-4)18-25-9-6-14-31(25)16-21-10-12-24(13-11-21)27(28,29)30/h5-15,19-20H,16-18H2,1-4H3/t20-/m1/s1. The Morgan fingerprint density at radius 2 is 1.68 bits per heavy atom. The van der Waals surface area contributed by atoms with Crippen LogP contribution in [0, 0.1) is 5.92 Å². The van der Waals surface area contributed by atoms with E-state index >= 15 is 0 Å². The van der Waals surface area contributed by atoms with Crippen LogP contribution in [0.4, 0.5) is 13.2 Å². The van der Waals surface area contributed by atoms with Gasteiger partial charge in [0.25, 0.3) is 0 Å². The lowest BCUT2D eigenvalue weighted by molar-refractivity contribution is -0.137. The summed E-state index contributed by atoms with van der Waals surface area (Å²) in [5.41, 5.74) is 2.75. The molecule has 182 valence electrons. The first-order valence-corrected chi connectivity index (χ1v) is 11.3. The number of nitrogens with zero attached hydrogens (tertiary/aromatic N) is 2. The number of methoxy groups -OCH3 is 1. The molecular formula is C27H31F3N2O2. The van der Waals surface area contributed by atoms with Crippen LogP contribution in [0.3, 0.4) is 0 Å². The van der Waals surface area contributed by atoms with Crippen molar-refractivity contribution in [3.05, 3.63) is 94.8 Å². The topological polar surface area (TPSA) is 34.5 Å². The Hall–Kier alpha value is -3.06. The quantitative estimate of drug-likeness (QED) is 0.339. The molecule has 1 aromatic heterocycles. The van der Waals surface area contributed by atoms with E-state index in [4.69, 9.17) is 4.74 Å². The first-order chi connectivity index (χ1) is 16.1. The molecule has 0 saturated carbocycles. The van der Waals surface area contributed by atoms with Crippen LogP contribution < -0.4 is 0 Å². The number of alkyl halides is 3. The summed E-state index contributed by atoms with van der Waals surface area (Å²) in [4.78, 5) is 14.3. The van der Waals surface area contributed by atoms with Gasteiger partial charge >= 0.3 is 12.1 Å². The number of carbonyl (C=O) groups excluding carboxylic acids is 1. The third-order valence-corrected chi connectivity index (χ3v) is 6.20. The van der Waals surface area contributed by atoms with Crippen molar-refractivity contribution in [1.29, 1.82) is 0 Å². The zero-order valence-electron chi connectivity index (χ0n) is 20.0. The molecule has 3 rings (SSSR count). The highest BCUT2D eigenvalue weighted by Gasteiger charge is 2.30. The fourth-order valence-corrected chi connectivity index (χ4v) is 3.87. The molecule has 0 saturated heterocycles. The Morgan fingerprint density at radius 1 is 0.971 bits per heavy atom. The number of hydrogen-bond acceptors (Lipinski definition) is 3. The Balaban J connectivity index is 1.79. The number of rotatable bonds is 9. The highest BCUT2D eigenvalue weighted by molar-refractivity contribution is 5.89. The maximum Gasteiger partial charge on any atom is 0.416 e. The Kier molecular flexibility index (Phi) is 8.20. The molecule has 7 heteroatoms. The van der Waals surface area contributed by atoms with Crippen LogP contribution in [-0.2, 0) is 30.5 Å². The highest BCUT2D eigenvalue weighted by Crippen LogP contribution is 2.29. The van der Waals surface area contributed by atoms with E-state index in [9.17, 15) is 18.0 Å². The number of aromatic nitrogens is 1. The van der Waals surface area contributed by atoms with Gasteiger partial charge in [0.1, 0.15) is 0 Å². The smallest absolute Gasteiger partial charge is 0.416 e. The maximum absolute atomic E-state index is 12.9. The van der Waals surface area contributed by atoms with E-state index in [1.807, 2.05) is 36.5 Å². The summed E-state index contributed by atoms with van der Waals surface area (Å²) in [5.74, 6) is 0.0397. The predicted octanol–water partition coefficient (Wildman–Crippen LogP) is 6.39. The van der Waals surface area contributed by atoms with Gasteiger partial charge in [-0.3, -0.25) is 4.90 Å². The number of benzene rings is 2. The molecule has 0 bridgehead atoms. The lowest BCUT2D eigenvalue weighted by Crippen LogP contribution is -2.36. The van der Waals surface area contributed by atoms with Gasteiger partial charge in [-0.15, -0.1) is 0 Å². The first-order valence-electron chi connectivity index (χ1n) is 11.3. The summed E-state index contributed by atoms with van der Waals surface area (Å²) < 4.78 is 45.5. The van der Waals surface area contributed by atoms with Crippen LogP contribution in [0.5, 0.6) is 0 Å². The van der Waals surface area contributed by atoms with Crippen molar-refractivity contribution in [1.82, 2.24) is 9.47 Å². The number of halogens is 3. The average molecular weight is 473 g/mol. The molecule has 3 aromatic rings. The molecule has 1 atom stereocenters. The molecule has 0 unspecified atom stereocenters. The second kappa shape index (κ2) is 10.9. The largest absolute Gasteiger partial charge is 0.465 e. The molecule has 0 fully saturated rings. The molecule has 4 nitrogen and oxygen atoms in total. The zero-order valence-corrected chi connectivity index (χ0v) is 20.0. The summed E-state index contributed by atoms with van der Waals surface area (Å²) in [5, 5.41) is 0. The van der Waals surface area contributed by atoms with Crippen LogP contribution in [0.25, 0.3) is 0 Å². The van der Waals surface area contributed by atoms with Gasteiger partial charge in [-0.05, 0) is 60.4 Å². The van der Waals surface area contributed by atoms with E-state index in [2.05, 4.69) is 30.2 Å². The Labute approximate surface area is 199 Å². The average Bonchev–Trinajstić information content (AvgIpc) is 3.23. The molecule has 0 N–H and O–H groups in total. The van der Waals surface area contributed by atoms with E-state index in [-0.39, 0.29) is 12.0 Å². The maximum atomic E-state index is 12.9. The monoisotopic (exact) mass is 472 g/mol. The molecule has 0 aliphatic carbocycles. The van der Waals surface area contributed by atoms with Gasteiger partial charge < -0.3 is 9.30 Å². The van der Waals surface area contributed by atoms with Gasteiger partial charge in [0.2, 0.25) is 0 Å². The second-order valence-electron chi connectivity index (χ2n) is 8.90. The van der Waals surface area contributed by atoms with E-state index in [0.717, 1.165) is 29.0 Å². The normalized spacial score (nSPS) is 12.9. The fourth-order valence-electron chi connectivity index (χ4n) is 3.87. The van der Waals surface area contributed by atoms with E-state index in [1.165, 1.54) is 19.2 Å². The van der Waals surface area contributed by atoms with Crippen molar-refractivity contribution in [2.45, 2.75) is 52.6 Å².